The largest absolute Gasteiger partial charge is 0.457 e. The Hall–Kier alpha value is -2.34. The number of nitrogens with zero attached hydrogens (tertiary/aromatic N) is 2. The number of aryl methyl sites for hydroxylation is 2. The van der Waals surface area contributed by atoms with E-state index in [1.54, 1.807) is 36.9 Å². The highest BCUT2D eigenvalue weighted by Crippen LogP contribution is 2.30. The van der Waals surface area contributed by atoms with Crippen molar-refractivity contribution in [2.24, 2.45) is 0 Å². The summed E-state index contributed by atoms with van der Waals surface area (Å²) in [7, 11) is 0. The van der Waals surface area contributed by atoms with Crippen LogP contribution in [-0.2, 0) is 16.1 Å². The fourth-order valence-electron chi connectivity index (χ4n) is 2.68. The first-order chi connectivity index (χ1) is 11.5. The normalized spacial score (nSPS) is 14.3. The molecule has 6 nitrogen and oxygen atoms in total. The van der Waals surface area contributed by atoms with Crippen molar-refractivity contribution < 1.29 is 18.8 Å². The summed E-state index contributed by atoms with van der Waals surface area (Å²) in [6.07, 6.45) is 1.28. The van der Waals surface area contributed by atoms with Gasteiger partial charge in [0.05, 0.1) is 27.5 Å². The summed E-state index contributed by atoms with van der Waals surface area (Å²) >= 11 is 6.18. The Morgan fingerprint density at radius 1 is 1.42 bits per heavy atom. The van der Waals surface area contributed by atoms with Crippen molar-refractivity contribution in [3.05, 3.63) is 45.8 Å². The van der Waals surface area contributed by atoms with Crippen LogP contribution in [0.4, 0.5) is 5.69 Å². The smallest absolute Gasteiger partial charge is 0.338 e. The minimum Gasteiger partial charge on any atom is -0.457 e. The molecule has 1 aliphatic heterocycles. The van der Waals surface area contributed by atoms with Gasteiger partial charge in [0, 0.05) is 13.0 Å². The minimum absolute atomic E-state index is 0.0122. The van der Waals surface area contributed by atoms with Crippen LogP contribution in [0.5, 0.6) is 0 Å². The van der Waals surface area contributed by atoms with Gasteiger partial charge in [-0.3, -0.25) is 4.79 Å². The van der Waals surface area contributed by atoms with Crippen molar-refractivity contribution >= 4 is 29.2 Å². The number of carbonyl (C=O) groups excluding carboxylic acids is 2. The summed E-state index contributed by atoms with van der Waals surface area (Å²) in [5.41, 5.74) is 2.35. The van der Waals surface area contributed by atoms with Gasteiger partial charge >= 0.3 is 5.97 Å². The molecule has 0 atom stereocenters. The molecule has 0 saturated carbocycles. The lowest BCUT2D eigenvalue weighted by atomic mass is 10.2. The van der Waals surface area contributed by atoms with Crippen LogP contribution in [-0.4, -0.2) is 23.6 Å². The molecule has 1 fully saturated rings. The predicted molar refractivity (Wildman–Crippen MR) is 88.1 cm³/mol. The van der Waals surface area contributed by atoms with E-state index in [9.17, 15) is 9.59 Å². The van der Waals surface area contributed by atoms with E-state index in [2.05, 4.69) is 5.16 Å². The Bertz CT molecular complexity index is 780. The number of hydrogen-bond donors (Lipinski definition) is 0. The number of anilines is 1. The van der Waals surface area contributed by atoms with Gasteiger partial charge < -0.3 is 14.2 Å². The fourth-order valence-corrected chi connectivity index (χ4v) is 2.90. The second-order valence-electron chi connectivity index (χ2n) is 5.69. The molecule has 1 aromatic heterocycles. The average Bonchev–Trinajstić information content (AvgIpc) is 3.12. The van der Waals surface area contributed by atoms with E-state index < -0.39 is 5.97 Å². The lowest BCUT2D eigenvalue weighted by Gasteiger charge is -2.18. The lowest BCUT2D eigenvalue weighted by molar-refractivity contribution is -0.117. The number of halogens is 1. The van der Waals surface area contributed by atoms with Crippen molar-refractivity contribution in [3.63, 3.8) is 0 Å². The Kier molecular flexibility index (Phi) is 4.57. The third-order valence-electron chi connectivity index (χ3n) is 4.07. The van der Waals surface area contributed by atoms with Gasteiger partial charge in [0.15, 0.2) is 0 Å². The van der Waals surface area contributed by atoms with Crippen molar-refractivity contribution in [2.75, 3.05) is 11.4 Å². The lowest BCUT2D eigenvalue weighted by Crippen LogP contribution is -2.24. The molecule has 0 aliphatic carbocycles. The number of hydrogen-bond acceptors (Lipinski definition) is 5. The summed E-state index contributed by atoms with van der Waals surface area (Å²) in [6.45, 7) is 4.25. The molecular weight excluding hydrogens is 332 g/mol. The van der Waals surface area contributed by atoms with Gasteiger partial charge in [-0.1, -0.05) is 16.8 Å². The maximum atomic E-state index is 12.3. The zero-order valence-electron chi connectivity index (χ0n) is 13.5. The zero-order chi connectivity index (χ0) is 17.3. The predicted octanol–water partition coefficient (Wildman–Crippen LogP) is 3.43. The third-order valence-corrected chi connectivity index (χ3v) is 4.39. The highest BCUT2D eigenvalue weighted by Gasteiger charge is 2.25. The van der Waals surface area contributed by atoms with Crippen molar-refractivity contribution in [2.45, 2.75) is 33.3 Å². The topological polar surface area (TPSA) is 72.6 Å². The summed E-state index contributed by atoms with van der Waals surface area (Å²) in [5.74, 6) is 0.150. The molecule has 0 N–H and O–H groups in total. The van der Waals surface area contributed by atoms with Crippen molar-refractivity contribution in [1.29, 1.82) is 0 Å². The molecule has 3 rings (SSSR count). The van der Waals surface area contributed by atoms with Crippen LogP contribution < -0.4 is 4.90 Å². The van der Waals surface area contributed by atoms with E-state index in [0.29, 0.717) is 40.7 Å². The van der Waals surface area contributed by atoms with E-state index in [4.69, 9.17) is 20.9 Å². The molecule has 1 amide bonds. The highest BCUT2D eigenvalue weighted by atomic mass is 35.5. The first kappa shape index (κ1) is 16.5. The summed E-state index contributed by atoms with van der Waals surface area (Å²) in [6, 6.07) is 4.79. The number of ether oxygens (including phenoxy) is 1. The molecule has 2 aromatic rings. The molecule has 0 radical (unpaired) electrons. The van der Waals surface area contributed by atoms with Gasteiger partial charge in [0.25, 0.3) is 0 Å². The summed E-state index contributed by atoms with van der Waals surface area (Å²) in [4.78, 5) is 25.8. The van der Waals surface area contributed by atoms with Gasteiger partial charge in [-0.15, -0.1) is 0 Å². The Morgan fingerprint density at radius 3 is 2.83 bits per heavy atom. The average molecular weight is 349 g/mol. The molecule has 24 heavy (non-hydrogen) atoms. The van der Waals surface area contributed by atoms with Crippen LogP contribution in [0.2, 0.25) is 5.02 Å². The first-order valence-corrected chi connectivity index (χ1v) is 8.04. The number of carbonyl (C=O) groups is 2. The number of amides is 1. The SMILES string of the molecule is Cc1noc(C)c1COC(=O)c1ccc(Cl)c(N2CCCC2=O)c1. The molecule has 2 heterocycles. The standard InChI is InChI=1S/C17H17ClN2O4/c1-10-13(11(2)24-19-10)9-23-17(22)12-5-6-14(18)15(8-12)20-7-3-4-16(20)21/h5-6,8H,3-4,7,9H2,1-2H3. The van der Waals surface area contributed by atoms with E-state index >= 15 is 0 Å². The second kappa shape index (κ2) is 6.65. The van der Waals surface area contributed by atoms with Gasteiger partial charge in [-0.05, 0) is 38.5 Å². The van der Waals surface area contributed by atoms with Crippen LogP contribution in [0.25, 0.3) is 0 Å². The molecule has 1 saturated heterocycles. The maximum Gasteiger partial charge on any atom is 0.338 e. The zero-order valence-corrected chi connectivity index (χ0v) is 14.2. The van der Waals surface area contributed by atoms with Gasteiger partial charge in [0.1, 0.15) is 12.4 Å². The molecule has 0 spiro atoms. The Labute approximate surface area is 144 Å². The monoisotopic (exact) mass is 348 g/mol. The Balaban J connectivity index is 1.77. The molecular formula is C17H17ClN2O4. The van der Waals surface area contributed by atoms with Crippen molar-refractivity contribution in [1.82, 2.24) is 5.16 Å². The minimum atomic E-state index is -0.487. The number of aromatic nitrogens is 1. The number of rotatable bonds is 4. The van der Waals surface area contributed by atoms with E-state index in [1.165, 1.54) is 0 Å². The molecule has 1 aromatic carbocycles. The number of esters is 1. The quantitative estimate of drug-likeness (QED) is 0.791. The number of benzene rings is 1. The van der Waals surface area contributed by atoms with Crippen molar-refractivity contribution in [3.8, 4) is 0 Å². The Morgan fingerprint density at radius 2 is 2.21 bits per heavy atom. The molecule has 0 unspecified atom stereocenters. The molecule has 0 bridgehead atoms. The molecule has 7 heteroatoms. The summed E-state index contributed by atoms with van der Waals surface area (Å²) in [5, 5.41) is 4.26. The van der Waals surface area contributed by atoms with Crippen LogP contribution in [0.1, 0.15) is 40.2 Å². The van der Waals surface area contributed by atoms with Crippen LogP contribution in [0.3, 0.4) is 0 Å². The van der Waals surface area contributed by atoms with Gasteiger partial charge in [-0.2, -0.15) is 0 Å². The highest BCUT2D eigenvalue weighted by molar-refractivity contribution is 6.34. The maximum absolute atomic E-state index is 12.3. The van der Waals surface area contributed by atoms with Crippen LogP contribution in [0, 0.1) is 13.8 Å². The second-order valence-corrected chi connectivity index (χ2v) is 6.10. The molecule has 126 valence electrons. The molecule has 1 aliphatic rings. The first-order valence-electron chi connectivity index (χ1n) is 7.66. The van der Waals surface area contributed by atoms with Gasteiger partial charge in [-0.25, -0.2) is 4.79 Å². The third kappa shape index (κ3) is 3.14. The van der Waals surface area contributed by atoms with Crippen LogP contribution in [0.15, 0.2) is 22.7 Å². The van der Waals surface area contributed by atoms with E-state index in [0.717, 1.165) is 12.0 Å². The van der Waals surface area contributed by atoms with E-state index in [1.807, 2.05) is 0 Å². The van der Waals surface area contributed by atoms with Crippen LogP contribution >= 0.6 is 11.6 Å². The summed E-state index contributed by atoms with van der Waals surface area (Å²) < 4.78 is 10.4. The van der Waals surface area contributed by atoms with E-state index in [-0.39, 0.29) is 12.5 Å². The van der Waals surface area contributed by atoms with Gasteiger partial charge in [0.2, 0.25) is 5.91 Å². The fraction of sp³-hybridized carbons (Fsp3) is 0.353.